The Balaban J connectivity index is 1.60. The third-order valence-electron chi connectivity index (χ3n) is 4.39. The van der Waals surface area contributed by atoms with E-state index in [9.17, 15) is 4.79 Å². The molecule has 0 radical (unpaired) electrons. The summed E-state index contributed by atoms with van der Waals surface area (Å²) in [5, 5.41) is 4.98. The number of nitrogens with one attached hydrogen (secondary N) is 1. The Bertz CT molecular complexity index is 865. The molecule has 0 aromatic heterocycles. The summed E-state index contributed by atoms with van der Waals surface area (Å²) >= 11 is 0. The first-order valence-electron chi connectivity index (χ1n) is 8.96. The van der Waals surface area contributed by atoms with Crippen molar-refractivity contribution in [2.24, 2.45) is 0 Å². The average molecular weight is 348 g/mol. The topological polar surface area (TPSA) is 41.6 Å². The minimum atomic E-state index is -0.173. The molecule has 3 aromatic rings. The molecule has 0 spiro atoms. The second-order valence-electron chi connectivity index (χ2n) is 6.03. The van der Waals surface area contributed by atoms with Crippen LogP contribution in [0.2, 0.25) is 0 Å². The van der Waals surface area contributed by atoms with Crippen LogP contribution in [0.25, 0.3) is 10.8 Å². The lowest BCUT2D eigenvalue weighted by molar-refractivity contribution is -0.118. The van der Waals surface area contributed by atoms with Crippen LogP contribution in [0, 0.1) is 0 Å². The maximum Gasteiger partial charge on any atom is 0.262 e. The Hall–Kier alpha value is -3.01. The molecule has 0 bridgehead atoms. The highest BCUT2D eigenvalue weighted by Gasteiger charge is 2.07. The van der Waals surface area contributed by atoms with Gasteiger partial charge in [-0.2, -0.15) is 0 Å². The number of carbonyl (C=O) groups is 1. The molecule has 0 aliphatic heterocycles. The van der Waals surface area contributed by atoms with Crippen molar-refractivity contribution in [2.75, 3.05) is 29.9 Å². The molecule has 0 aliphatic rings. The highest BCUT2D eigenvalue weighted by atomic mass is 16.5. The summed E-state index contributed by atoms with van der Waals surface area (Å²) < 4.78 is 5.73. The zero-order chi connectivity index (χ0) is 18.4. The van der Waals surface area contributed by atoms with E-state index in [0.717, 1.165) is 41.0 Å². The molecule has 4 nitrogen and oxygen atoms in total. The smallest absolute Gasteiger partial charge is 0.262 e. The van der Waals surface area contributed by atoms with Gasteiger partial charge in [-0.25, -0.2) is 0 Å². The van der Waals surface area contributed by atoms with E-state index in [1.807, 2.05) is 66.7 Å². The van der Waals surface area contributed by atoms with Gasteiger partial charge in [0.25, 0.3) is 5.91 Å². The van der Waals surface area contributed by atoms with Crippen LogP contribution in [0.5, 0.6) is 5.75 Å². The molecule has 4 heteroatoms. The van der Waals surface area contributed by atoms with E-state index >= 15 is 0 Å². The van der Waals surface area contributed by atoms with Crippen LogP contribution in [-0.4, -0.2) is 25.6 Å². The number of anilines is 2. The third kappa shape index (κ3) is 4.14. The predicted molar refractivity (Wildman–Crippen MR) is 108 cm³/mol. The summed E-state index contributed by atoms with van der Waals surface area (Å²) in [6.07, 6.45) is 0. The van der Waals surface area contributed by atoms with Gasteiger partial charge in [-0.1, -0.05) is 36.4 Å². The molecule has 1 amide bonds. The molecule has 0 heterocycles. The molecular weight excluding hydrogens is 324 g/mol. The van der Waals surface area contributed by atoms with Gasteiger partial charge >= 0.3 is 0 Å². The summed E-state index contributed by atoms with van der Waals surface area (Å²) in [6.45, 7) is 6.15. The molecule has 3 rings (SSSR count). The summed E-state index contributed by atoms with van der Waals surface area (Å²) in [7, 11) is 0. The number of carbonyl (C=O) groups excluding carboxylic acids is 1. The molecular formula is C22H24N2O2. The number of nitrogens with zero attached hydrogens (tertiary/aromatic N) is 1. The number of benzene rings is 3. The van der Waals surface area contributed by atoms with Crippen molar-refractivity contribution < 1.29 is 9.53 Å². The van der Waals surface area contributed by atoms with Crippen molar-refractivity contribution in [2.45, 2.75) is 13.8 Å². The van der Waals surface area contributed by atoms with Crippen LogP contribution in [0.1, 0.15) is 13.8 Å². The predicted octanol–water partition coefficient (Wildman–Crippen LogP) is 4.70. The minimum Gasteiger partial charge on any atom is -0.483 e. The van der Waals surface area contributed by atoms with Crippen LogP contribution < -0.4 is 15.0 Å². The number of hydrogen-bond acceptors (Lipinski definition) is 3. The van der Waals surface area contributed by atoms with Crippen molar-refractivity contribution in [1.29, 1.82) is 0 Å². The molecule has 134 valence electrons. The van der Waals surface area contributed by atoms with Crippen molar-refractivity contribution in [3.05, 3.63) is 66.7 Å². The Morgan fingerprint density at radius 3 is 2.35 bits per heavy atom. The Morgan fingerprint density at radius 1 is 0.923 bits per heavy atom. The van der Waals surface area contributed by atoms with E-state index in [4.69, 9.17) is 4.74 Å². The standard InChI is InChI=1S/C22H24N2O2/c1-3-24(4-2)19-14-12-18(13-15-19)23-22(25)16-26-21-11-7-9-17-8-5-6-10-20(17)21/h5-15H,3-4,16H2,1-2H3,(H,23,25). The molecule has 1 N–H and O–H groups in total. The fourth-order valence-corrected chi connectivity index (χ4v) is 3.01. The molecule has 0 fully saturated rings. The zero-order valence-electron chi connectivity index (χ0n) is 15.2. The third-order valence-corrected chi connectivity index (χ3v) is 4.39. The molecule has 26 heavy (non-hydrogen) atoms. The second-order valence-corrected chi connectivity index (χ2v) is 6.03. The summed E-state index contributed by atoms with van der Waals surface area (Å²) in [5.41, 5.74) is 1.92. The van der Waals surface area contributed by atoms with E-state index in [2.05, 4.69) is 24.1 Å². The highest BCUT2D eigenvalue weighted by molar-refractivity contribution is 5.93. The second kappa shape index (κ2) is 8.39. The van der Waals surface area contributed by atoms with Crippen LogP contribution >= 0.6 is 0 Å². The Morgan fingerprint density at radius 2 is 1.62 bits per heavy atom. The van der Waals surface area contributed by atoms with Gasteiger partial charge < -0.3 is 15.0 Å². The molecule has 0 unspecified atom stereocenters. The zero-order valence-corrected chi connectivity index (χ0v) is 15.2. The molecule has 0 atom stereocenters. The van der Waals surface area contributed by atoms with Gasteiger partial charge in [-0.05, 0) is 49.6 Å². The van der Waals surface area contributed by atoms with Gasteiger partial charge in [0.1, 0.15) is 5.75 Å². The lowest BCUT2D eigenvalue weighted by Gasteiger charge is -2.21. The average Bonchev–Trinajstić information content (AvgIpc) is 2.68. The van der Waals surface area contributed by atoms with Crippen LogP contribution in [0.4, 0.5) is 11.4 Å². The molecule has 0 aliphatic carbocycles. The first-order valence-corrected chi connectivity index (χ1v) is 8.96. The van der Waals surface area contributed by atoms with Crippen molar-refractivity contribution >= 4 is 28.1 Å². The number of hydrogen-bond donors (Lipinski definition) is 1. The SMILES string of the molecule is CCN(CC)c1ccc(NC(=O)COc2cccc3ccccc23)cc1. The summed E-state index contributed by atoms with van der Waals surface area (Å²) in [4.78, 5) is 14.5. The highest BCUT2D eigenvalue weighted by Crippen LogP contribution is 2.25. The number of amides is 1. The normalized spacial score (nSPS) is 10.5. The number of rotatable bonds is 7. The Kier molecular flexibility index (Phi) is 5.74. The minimum absolute atomic E-state index is 0.0220. The first-order chi connectivity index (χ1) is 12.7. The summed E-state index contributed by atoms with van der Waals surface area (Å²) in [5.74, 6) is 0.545. The molecule has 3 aromatic carbocycles. The van der Waals surface area contributed by atoms with E-state index in [0.29, 0.717) is 0 Å². The number of fused-ring (bicyclic) bond motifs is 1. The maximum absolute atomic E-state index is 12.2. The van der Waals surface area contributed by atoms with E-state index in [-0.39, 0.29) is 12.5 Å². The van der Waals surface area contributed by atoms with Gasteiger partial charge in [-0.15, -0.1) is 0 Å². The molecule has 0 saturated carbocycles. The fraction of sp³-hybridized carbons (Fsp3) is 0.227. The van der Waals surface area contributed by atoms with Gasteiger partial charge in [0.2, 0.25) is 0 Å². The van der Waals surface area contributed by atoms with Gasteiger partial charge in [-0.3, -0.25) is 4.79 Å². The van der Waals surface area contributed by atoms with Crippen LogP contribution in [0.15, 0.2) is 66.7 Å². The maximum atomic E-state index is 12.2. The van der Waals surface area contributed by atoms with Gasteiger partial charge in [0.15, 0.2) is 6.61 Å². The quantitative estimate of drug-likeness (QED) is 0.673. The largest absolute Gasteiger partial charge is 0.483 e. The van der Waals surface area contributed by atoms with Gasteiger partial charge in [0, 0.05) is 29.9 Å². The monoisotopic (exact) mass is 348 g/mol. The van der Waals surface area contributed by atoms with Gasteiger partial charge in [0.05, 0.1) is 0 Å². The van der Waals surface area contributed by atoms with Crippen molar-refractivity contribution in [3.8, 4) is 5.75 Å². The van der Waals surface area contributed by atoms with Crippen molar-refractivity contribution in [1.82, 2.24) is 0 Å². The van der Waals surface area contributed by atoms with E-state index < -0.39 is 0 Å². The van der Waals surface area contributed by atoms with Crippen LogP contribution in [-0.2, 0) is 4.79 Å². The van der Waals surface area contributed by atoms with Crippen molar-refractivity contribution in [3.63, 3.8) is 0 Å². The van der Waals surface area contributed by atoms with E-state index in [1.165, 1.54) is 0 Å². The Labute approximate surface area is 154 Å². The lowest BCUT2D eigenvalue weighted by atomic mass is 10.1. The lowest BCUT2D eigenvalue weighted by Crippen LogP contribution is -2.22. The van der Waals surface area contributed by atoms with Crippen LogP contribution in [0.3, 0.4) is 0 Å². The van der Waals surface area contributed by atoms with E-state index in [1.54, 1.807) is 0 Å². The number of ether oxygens (including phenoxy) is 1. The summed E-state index contributed by atoms with van der Waals surface area (Å²) in [6, 6.07) is 21.7. The first kappa shape index (κ1) is 17.8. The molecule has 0 saturated heterocycles. The fourth-order valence-electron chi connectivity index (χ4n) is 3.01.